The van der Waals surface area contributed by atoms with Crippen LogP contribution in [-0.2, 0) is 0 Å². The van der Waals surface area contributed by atoms with E-state index >= 15 is 0 Å². The normalized spacial score (nSPS) is 15.0. The lowest BCUT2D eigenvalue weighted by Crippen LogP contribution is -2.56. The second kappa shape index (κ2) is 5.06. The molecule has 3 aromatic rings. The molecule has 1 amide bonds. The number of carbonyl (C=O) groups excluding carboxylic acids is 1. The molecule has 1 aliphatic heterocycles. The van der Waals surface area contributed by atoms with Crippen molar-refractivity contribution in [2.45, 2.75) is 13.0 Å². The van der Waals surface area contributed by atoms with Crippen molar-refractivity contribution in [3.05, 3.63) is 41.3 Å². The third-order valence-corrected chi connectivity index (χ3v) is 4.19. The van der Waals surface area contributed by atoms with E-state index in [4.69, 9.17) is 4.74 Å². The molecule has 7 nitrogen and oxygen atoms in total. The summed E-state index contributed by atoms with van der Waals surface area (Å²) in [6.07, 6.45) is 6.86. The summed E-state index contributed by atoms with van der Waals surface area (Å²) in [7, 11) is 0. The molecule has 0 saturated carbocycles. The summed E-state index contributed by atoms with van der Waals surface area (Å²) in [4.78, 5) is 22.6. The van der Waals surface area contributed by atoms with Crippen LogP contribution in [0.3, 0.4) is 0 Å². The van der Waals surface area contributed by atoms with Gasteiger partial charge >= 0.3 is 0 Å². The molecule has 0 aromatic carbocycles. The van der Waals surface area contributed by atoms with E-state index < -0.39 is 0 Å². The van der Waals surface area contributed by atoms with E-state index in [1.54, 1.807) is 28.0 Å². The number of thiazole rings is 1. The van der Waals surface area contributed by atoms with E-state index in [1.165, 1.54) is 11.3 Å². The highest BCUT2D eigenvalue weighted by molar-refractivity contribution is 7.11. The highest BCUT2D eigenvalue weighted by Crippen LogP contribution is 2.22. The van der Waals surface area contributed by atoms with Gasteiger partial charge in [-0.15, -0.1) is 0 Å². The number of likely N-dealkylation sites (tertiary alicyclic amines) is 1. The number of hydrogen-bond donors (Lipinski definition) is 0. The molecule has 0 spiro atoms. The van der Waals surface area contributed by atoms with E-state index in [9.17, 15) is 4.79 Å². The third kappa shape index (κ3) is 2.21. The maximum atomic E-state index is 12.5. The van der Waals surface area contributed by atoms with Gasteiger partial charge in [-0.25, -0.2) is 14.5 Å². The molecule has 0 N–H and O–H groups in total. The molecule has 1 saturated heterocycles. The lowest BCUT2D eigenvalue weighted by molar-refractivity contribution is 0.0178. The first-order valence-electron chi connectivity index (χ1n) is 6.86. The molecule has 1 fully saturated rings. The molecule has 4 rings (SSSR count). The van der Waals surface area contributed by atoms with Gasteiger partial charge in [-0.3, -0.25) is 4.79 Å². The zero-order valence-corrected chi connectivity index (χ0v) is 12.7. The lowest BCUT2D eigenvalue weighted by atomic mass is 10.1. The van der Waals surface area contributed by atoms with Crippen molar-refractivity contribution in [3.63, 3.8) is 0 Å². The summed E-state index contributed by atoms with van der Waals surface area (Å²) in [6.45, 7) is 3.05. The quantitative estimate of drug-likeness (QED) is 0.730. The predicted molar refractivity (Wildman–Crippen MR) is 80.2 cm³/mol. The topological polar surface area (TPSA) is 72.6 Å². The van der Waals surface area contributed by atoms with Crippen LogP contribution < -0.4 is 4.74 Å². The molecule has 0 radical (unpaired) electrons. The number of rotatable bonds is 3. The lowest BCUT2D eigenvalue weighted by Gasteiger charge is -2.38. The van der Waals surface area contributed by atoms with Gasteiger partial charge in [0.1, 0.15) is 11.7 Å². The Kier molecular flexibility index (Phi) is 3.04. The van der Waals surface area contributed by atoms with Crippen LogP contribution in [0.15, 0.2) is 30.2 Å². The van der Waals surface area contributed by atoms with E-state index in [0.717, 1.165) is 5.56 Å². The van der Waals surface area contributed by atoms with Crippen LogP contribution in [0.2, 0.25) is 0 Å². The zero-order valence-electron chi connectivity index (χ0n) is 11.8. The Morgan fingerprint density at radius 1 is 1.36 bits per heavy atom. The molecule has 112 valence electrons. The molecule has 0 bridgehead atoms. The number of ether oxygens (including phenoxy) is 1. The molecule has 0 aliphatic carbocycles. The smallest absolute Gasteiger partial charge is 0.273 e. The van der Waals surface area contributed by atoms with E-state index in [2.05, 4.69) is 15.1 Å². The zero-order chi connectivity index (χ0) is 15.1. The molecule has 4 heterocycles. The van der Waals surface area contributed by atoms with E-state index in [-0.39, 0.29) is 12.0 Å². The van der Waals surface area contributed by atoms with Gasteiger partial charge in [0.05, 0.1) is 19.3 Å². The third-order valence-electron chi connectivity index (χ3n) is 3.53. The molecule has 8 heteroatoms. The molecule has 22 heavy (non-hydrogen) atoms. The fourth-order valence-electron chi connectivity index (χ4n) is 2.38. The van der Waals surface area contributed by atoms with Gasteiger partial charge in [0.15, 0.2) is 5.65 Å². The maximum Gasteiger partial charge on any atom is 0.273 e. The molecular formula is C14H13N5O2S. The van der Waals surface area contributed by atoms with Crippen LogP contribution in [0.1, 0.15) is 15.9 Å². The van der Waals surface area contributed by atoms with Gasteiger partial charge in [0.2, 0.25) is 0 Å². The average molecular weight is 315 g/mol. The number of hydrogen-bond acceptors (Lipinski definition) is 6. The van der Waals surface area contributed by atoms with Gasteiger partial charge in [0.25, 0.3) is 11.1 Å². The van der Waals surface area contributed by atoms with Crippen molar-refractivity contribution >= 4 is 22.9 Å². The number of nitrogens with zero attached hydrogens (tertiary/aromatic N) is 5. The SMILES string of the molecule is Cc1cnc2c(C(=O)N3CC(Oc4nccs4)C3)cnn2c1. The number of amides is 1. The van der Waals surface area contributed by atoms with Crippen molar-refractivity contribution in [1.82, 2.24) is 24.5 Å². The first-order chi connectivity index (χ1) is 10.7. The summed E-state index contributed by atoms with van der Waals surface area (Å²) in [5, 5.41) is 6.70. The van der Waals surface area contributed by atoms with Crippen LogP contribution in [0.4, 0.5) is 0 Å². The predicted octanol–water partition coefficient (Wildman–Crippen LogP) is 1.40. The second-order valence-corrected chi connectivity index (χ2v) is 6.06. The van der Waals surface area contributed by atoms with Crippen molar-refractivity contribution in [1.29, 1.82) is 0 Å². The summed E-state index contributed by atoms with van der Waals surface area (Å²) in [5.41, 5.74) is 2.10. The van der Waals surface area contributed by atoms with Crippen molar-refractivity contribution in [2.24, 2.45) is 0 Å². The average Bonchev–Trinajstić information content (AvgIpc) is 3.10. The summed E-state index contributed by atoms with van der Waals surface area (Å²) < 4.78 is 7.30. The molecule has 0 atom stereocenters. The minimum atomic E-state index is -0.0645. The molecule has 1 aliphatic rings. The summed E-state index contributed by atoms with van der Waals surface area (Å²) in [5.74, 6) is -0.0645. The number of aryl methyl sites for hydroxylation is 1. The van der Waals surface area contributed by atoms with Crippen LogP contribution in [-0.4, -0.2) is 49.6 Å². The monoisotopic (exact) mass is 315 g/mol. The van der Waals surface area contributed by atoms with Gasteiger partial charge in [-0.1, -0.05) is 11.3 Å². The van der Waals surface area contributed by atoms with Crippen LogP contribution >= 0.6 is 11.3 Å². The van der Waals surface area contributed by atoms with Crippen LogP contribution in [0, 0.1) is 6.92 Å². The molecule has 3 aromatic heterocycles. The Balaban J connectivity index is 1.46. The summed E-state index contributed by atoms with van der Waals surface area (Å²) in [6, 6.07) is 0. The summed E-state index contributed by atoms with van der Waals surface area (Å²) >= 11 is 1.45. The van der Waals surface area contributed by atoms with Crippen LogP contribution in [0.25, 0.3) is 5.65 Å². The van der Waals surface area contributed by atoms with Crippen LogP contribution in [0.5, 0.6) is 5.19 Å². The van der Waals surface area contributed by atoms with Gasteiger partial charge < -0.3 is 9.64 Å². The molecule has 0 unspecified atom stereocenters. The van der Waals surface area contributed by atoms with Gasteiger partial charge in [0, 0.05) is 24.0 Å². The van der Waals surface area contributed by atoms with Crippen molar-refractivity contribution in [3.8, 4) is 5.19 Å². The Morgan fingerprint density at radius 3 is 3.00 bits per heavy atom. The minimum Gasteiger partial charge on any atom is -0.463 e. The van der Waals surface area contributed by atoms with Crippen molar-refractivity contribution < 1.29 is 9.53 Å². The Morgan fingerprint density at radius 2 is 2.23 bits per heavy atom. The first kappa shape index (κ1) is 13.2. The highest BCUT2D eigenvalue weighted by Gasteiger charge is 2.34. The first-order valence-corrected chi connectivity index (χ1v) is 7.74. The van der Waals surface area contributed by atoms with Gasteiger partial charge in [-0.2, -0.15) is 5.10 Å². The van der Waals surface area contributed by atoms with Crippen molar-refractivity contribution in [2.75, 3.05) is 13.1 Å². The number of aromatic nitrogens is 4. The van der Waals surface area contributed by atoms with Gasteiger partial charge in [-0.05, 0) is 12.5 Å². The Bertz CT molecular complexity index is 823. The Labute approximate surface area is 130 Å². The Hall–Kier alpha value is -2.48. The van der Waals surface area contributed by atoms with E-state index in [1.807, 2.05) is 18.5 Å². The standard InChI is InChI=1S/C14H13N5O2S/c1-9-4-16-12-11(5-17-19(12)6-9)13(20)18-7-10(8-18)21-14-15-2-3-22-14/h2-6,10H,7-8H2,1H3. The number of fused-ring (bicyclic) bond motifs is 1. The fourth-order valence-corrected chi connectivity index (χ4v) is 2.93. The largest absolute Gasteiger partial charge is 0.463 e. The maximum absolute atomic E-state index is 12.5. The fraction of sp³-hybridized carbons (Fsp3) is 0.286. The van der Waals surface area contributed by atoms with E-state index in [0.29, 0.717) is 29.5 Å². The number of carbonyl (C=O) groups is 1. The highest BCUT2D eigenvalue weighted by atomic mass is 32.1. The molecular weight excluding hydrogens is 302 g/mol. The second-order valence-electron chi connectivity index (χ2n) is 5.21. The minimum absolute atomic E-state index is 0.00661.